The number of sulfone groups is 1. The lowest BCUT2D eigenvalue weighted by Crippen LogP contribution is -2.50. The van der Waals surface area contributed by atoms with Gasteiger partial charge in [0.05, 0.1) is 11.0 Å². The molecule has 1 aromatic carbocycles. The minimum absolute atomic E-state index is 0.0317. The van der Waals surface area contributed by atoms with Crippen molar-refractivity contribution >= 4 is 33.3 Å². The molecule has 6 nitrogen and oxygen atoms in total. The SMILES string of the molecule is O=C(CCS(=O)(=O)C1CCCC1)N1CCN(C(=O)c2ccc(Cl)cc2)CC1. The van der Waals surface area contributed by atoms with E-state index in [4.69, 9.17) is 11.6 Å². The molecule has 1 saturated carbocycles. The summed E-state index contributed by atoms with van der Waals surface area (Å²) in [4.78, 5) is 28.3. The molecule has 8 heteroatoms. The second-order valence-corrected chi connectivity index (χ2v) is 10.0. The fourth-order valence-corrected chi connectivity index (χ4v) is 5.71. The van der Waals surface area contributed by atoms with Crippen molar-refractivity contribution in [3.63, 3.8) is 0 Å². The van der Waals surface area contributed by atoms with Crippen molar-refractivity contribution in [3.05, 3.63) is 34.9 Å². The summed E-state index contributed by atoms with van der Waals surface area (Å²) in [5, 5.41) is 0.314. The Balaban J connectivity index is 1.47. The van der Waals surface area contributed by atoms with Crippen LogP contribution in [-0.2, 0) is 14.6 Å². The monoisotopic (exact) mass is 412 g/mol. The summed E-state index contributed by atoms with van der Waals surface area (Å²) in [7, 11) is -3.18. The van der Waals surface area contributed by atoms with E-state index in [1.54, 1.807) is 34.1 Å². The number of nitrogens with zero attached hydrogens (tertiary/aromatic N) is 2. The molecule has 0 spiro atoms. The molecule has 2 aliphatic rings. The van der Waals surface area contributed by atoms with Crippen LogP contribution in [0.3, 0.4) is 0 Å². The minimum atomic E-state index is -3.18. The highest BCUT2D eigenvalue weighted by molar-refractivity contribution is 7.92. The van der Waals surface area contributed by atoms with Gasteiger partial charge in [-0.15, -0.1) is 0 Å². The Kier molecular flexibility index (Phi) is 6.42. The highest BCUT2D eigenvalue weighted by Crippen LogP contribution is 2.25. The number of carbonyl (C=O) groups excluding carboxylic acids is 2. The van der Waals surface area contributed by atoms with Crippen LogP contribution in [0.25, 0.3) is 0 Å². The van der Waals surface area contributed by atoms with Crippen molar-refractivity contribution in [2.45, 2.75) is 37.4 Å². The fraction of sp³-hybridized carbons (Fsp3) is 0.579. The van der Waals surface area contributed by atoms with Gasteiger partial charge in [-0.25, -0.2) is 8.42 Å². The zero-order chi connectivity index (χ0) is 19.4. The average molecular weight is 413 g/mol. The van der Waals surface area contributed by atoms with Gasteiger partial charge in [0, 0.05) is 43.2 Å². The summed E-state index contributed by atoms with van der Waals surface area (Å²) >= 11 is 5.85. The van der Waals surface area contributed by atoms with E-state index in [1.807, 2.05) is 0 Å². The van der Waals surface area contributed by atoms with Crippen molar-refractivity contribution in [2.24, 2.45) is 0 Å². The number of carbonyl (C=O) groups is 2. The first-order valence-corrected chi connectivity index (χ1v) is 11.5. The Morgan fingerprint density at radius 1 is 0.963 bits per heavy atom. The average Bonchev–Trinajstić information content (AvgIpc) is 3.22. The van der Waals surface area contributed by atoms with Gasteiger partial charge in [-0.3, -0.25) is 9.59 Å². The molecule has 0 radical (unpaired) electrons. The third-order valence-electron chi connectivity index (χ3n) is 5.42. The third-order valence-corrected chi connectivity index (χ3v) is 7.93. The number of hydrogen-bond donors (Lipinski definition) is 0. The van der Waals surface area contributed by atoms with Gasteiger partial charge in [0.25, 0.3) is 5.91 Å². The molecule has 1 saturated heterocycles. The van der Waals surface area contributed by atoms with Crippen molar-refractivity contribution in [3.8, 4) is 0 Å². The van der Waals surface area contributed by atoms with E-state index >= 15 is 0 Å². The van der Waals surface area contributed by atoms with Crippen LogP contribution in [0.15, 0.2) is 24.3 Å². The highest BCUT2D eigenvalue weighted by atomic mass is 35.5. The van der Waals surface area contributed by atoms with Gasteiger partial charge >= 0.3 is 0 Å². The standard InChI is InChI=1S/C19H25ClN2O4S/c20-16-7-5-15(6-8-16)19(24)22-12-10-21(11-13-22)18(23)9-14-27(25,26)17-3-1-2-4-17/h5-8,17H,1-4,9-14H2. The van der Waals surface area contributed by atoms with Crippen LogP contribution in [-0.4, -0.2) is 67.2 Å². The lowest BCUT2D eigenvalue weighted by molar-refractivity contribution is -0.132. The fourth-order valence-electron chi connectivity index (χ4n) is 3.74. The van der Waals surface area contributed by atoms with Crippen LogP contribution in [0.1, 0.15) is 42.5 Å². The van der Waals surface area contributed by atoms with Crippen LogP contribution in [0.4, 0.5) is 0 Å². The van der Waals surface area contributed by atoms with Crippen LogP contribution >= 0.6 is 11.6 Å². The van der Waals surface area contributed by atoms with Gasteiger partial charge in [0.1, 0.15) is 0 Å². The number of amides is 2. The second-order valence-electron chi connectivity index (χ2n) is 7.20. The van der Waals surface area contributed by atoms with Gasteiger partial charge in [-0.2, -0.15) is 0 Å². The number of piperazine rings is 1. The minimum Gasteiger partial charge on any atom is -0.339 e. The van der Waals surface area contributed by atoms with Gasteiger partial charge in [-0.1, -0.05) is 24.4 Å². The number of benzene rings is 1. The molecule has 0 bridgehead atoms. The molecule has 0 aromatic heterocycles. The summed E-state index contributed by atoms with van der Waals surface area (Å²) in [5.74, 6) is -0.293. The maximum absolute atomic E-state index is 12.5. The summed E-state index contributed by atoms with van der Waals surface area (Å²) in [5.41, 5.74) is 0.571. The molecule has 1 aliphatic heterocycles. The molecule has 2 fully saturated rings. The van der Waals surface area contributed by atoms with Gasteiger partial charge in [0.2, 0.25) is 5.91 Å². The maximum Gasteiger partial charge on any atom is 0.253 e. The molecule has 0 unspecified atom stereocenters. The maximum atomic E-state index is 12.5. The Hall–Kier alpha value is -1.60. The molecular formula is C19H25ClN2O4S. The quantitative estimate of drug-likeness (QED) is 0.744. The number of rotatable bonds is 5. The van der Waals surface area contributed by atoms with E-state index in [-0.39, 0.29) is 29.2 Å². The molecule has 0 N–H and O–H groups in total. The van der Waals surface area contributed by atoms with E-state index in [0.717, 1.165) is 25.7 Å². The van der Waals surface area contributed by atoms with Crippen molar-refractivity contribution < 1.29 is 18.0 Å². The van der Waals surface area contributed by atoms with Crippen LogP contribution in [0.5, 0.6) is 0 Å². The molecule has 0 atom stereocenters. The molecule has 3 rings (SSSR count). The first kappa shape index (κ1) is 20.1. The van der Waals surface area contributed by atoms with E-state index in [9.17, 15) is 18.0 Å². The topological polar surface area (TPSA) is 74.8 Å². The third kappa shape index (κ3) is 5.02. The Labute approximate surface area is 165 Å². The van der Waals surface area contributed by atoms with E-state index < -0.39 is 9.84 Å². The van der Waals surface area contributed by atoms with Crippen molar-refractivity contribution in [1.82, 2.24) is 9.80 Å². The van der Waals surface area contributed by atoms with E-state index in [1.165, 1.54) is 0 Å². The van der Waals surface area contributed by atoms with Gasteiger partial charge in [0.15, 0.2) is 9.84 Å². The molecule has 148 valence electrons. The molecular weight excluding hydrogens is 388 g/mol. The Bertz CT molecular complexity index is 780. The molecule has 1 aliphatic carbocycles. The molecule has 1 heterocycles. The molecule has 2 amide bonds. The lowest BCUT2D eigenvalue weighted by atomic mass is 10.2. The second kappa shape index (κ2) is 8.61. The zero-order valence-corrected chi connectivity index (χ0v) is 16.8. The van der Waals surface area contributed by atoms with E-state index in [2.05, 4.69) is 0 Å². The number of halogens is 1. The summed E-state index contributed by atoms with van der Waals surface area (Å²) < 4.78 is 24.6. The normalized spacial score (nSPS) is 18.7. The smallest absolute Gasteiger partial charge is 0.253 e. The van der Waals surface area contributed by atoms with Crippen LogP contribution < -0.4 is 0 Å². The Morgan fingerprint density at radius 2 is 1.52 bits per heavy atom. The predicted octanol–water partition coefficient (Wildman–Crippen LogP) is 2.37. The van der Waals surface area contributed by atoms with Crippen molar-refractivity contribution in [1.29, 1.82) is 0 Å². The summed E-state index contributed by atoms with van der Waals surface area (Å²) in [6.45, 7) is 1.76. The molecule has 27 heavy (non-hydrogen) atoms. The van der Waals surface area contributed by atoms with Crippen LogP contribution in [0.2, 0.25) is 5.02 Å². The highest BCUT2D eigenvalue weighted by Gasteiger charge is 2.30. The summed E-state index contributed by atoms with van der Waals surface area (Å²) in [6, 6.07) is 6.74. The van der Waals surface area contributed by atoms with Gasteiger partial charge in [-0.05, 0) is 37.1 Å². The zero-order valence-electron chi connectivity index (χ0n) is 15.3. The van der Waals surface area contributed by atoms with Gasteiger partial charge < -0.3 is 9.80 Å². The summed E-state index contributed by atoms with van der Waals surface area (Å²) in [6.07, 6.45) is 3.40. The molecule has 1 aromatic rings. The number of hydrogen-bond acceptors (Lipinski definition) is 4. The van der Waals surface area contributed by atoms with Crippen LogP contribution in [0, 0.1) is 0 Å². The largest absolute Gasteiger partial charge is 0.339 e. The van der Waals surface area contributed by atoms with Crippen molar-refractivity contribution in [2.75, 3.05) is 31.9 Å². The van der Waals surface area contributed by atoms with E-state index in [0.29, 0.717) is 36.8 Å². The predicted molar refractivity (Wildman–Crippen MR) is 105 cm³/mol. The first-order valence-electron chi connectivity index (χ1n) is 9.41. The Morgan fingerprint density at radius 3 is 2.11 bits per heavy atom. The lowest BCUT2D eigenvalue weighted by Gasteiger charge is -2.35. The first-order chi connectivity index (χ1) is 12.9.